The number of rotatable bonds is 6. The Labute approximate surface area is 156 Å². The number of aryl methyl sites for hydroxylation is 2. The van der Waals surface area contributed by atoms with Gasteiger partial charge in [-0.15, -0.1) is 0 Å². The van der Waals surface area contributed by atoms with Crippen molar-refractivity contribution in [3.05, 3.63) is 47.3 Å². The van der Waals surface area contributed by atoms with E-state index in [-0.39, 0.29) is 11.2 Å². The number of benzene rings is 1. The number of hydrogen-bond donors (Lipinski definition) is 1. The zero-order chi connectivity index (χ0) is 19.6. The molecule has 0 spiro atoms. The monoisotopic (exact) mass is 376 g/mol. The second-order valence-corrected chi connectivity index (χ2v) is 6.74. The van der Waals surface area contributed by atoms with Crippen LogP contribution in [0.1, 0.15) is 43.1 Å². The first-order valence-corrected chi connectivity index (χ1v) is 9.09. The van der Waals surface area contributed by atoms with Crippen molar-refractivity contribution in [2.24, 2.45) is 0 Å². The number of fused-ring (bicyclic) bond motifs is 1. The molecule has 0 saturated heterocycles. The van der Waals surface area contributed by atoms with E-state index < -0.39 is 11.9 Å². The Morgan fingerprint density at radius 2 is 1.78 bits per heavy atom. The van der Waals surface area contributed by atoms with Crippen molar-refractivity contribution in [2.45, 2.75) is 46.2 Å². The summed E-state index contributed by atoms with van der Waals surface area (Å²) in [6.07, 6.45) is -1.50. The van der Waals surface area contributed by atoms with Gasteiger partial charge in [0.1, 0.15) is 5.82 Å². The van der Waals surface area contributed by atoms with Crippen LogP contribution in [0, 0.1) is 13.8 Å². The van der Waals surface area contributed by atoms with Gasteiger partial charge in [-0.05, 0) is 25.8 Å². The highest BCUT2D eigenvalue weighted by Crippen LogP contribution is 2.39. The number of nitrogens with zero attached hydrogens (tertiary/aromatic N) is 3. The highest BCUT2D eigenvalue weighted by Gasteiger charge is 2.39. The van der Waals surface area contributed by atoms with Crippen LogP contribution in [0.5, 0.6) is 0 Å². The summed E-state index contributed by atoms with van der Waals surface area (Å²) in [4.78, 5) is 4.37. The minimum atomic E-state index is -4.57. The Hall–Kier alpha value is -2.57. The molecular weight excluding hydrogens is 353 g/mol. The number of anilines is 1. The van der Waals surface area contributed by atoms with Gasteiger partial charge in [0.15, 0.2) is 11.3 Å². The molecule has 7 heteroatoms. The fourth-order valence-corrected chi connectivity index (χ4v) is 3.04. The van der Waals surface area contributed by atoms with Crippen molar-refractivity contribution in [1.82, 2.24) is 14.6 Å². The number of halogens is 3. The van der Waals surface area contributed by atoms with Crippen LogP contribution in [0.3, 0.4) is 0 Å². The minimum absolute atomic E-state index is 0.0165. The van der Waals surface area contributed by atoms with Crippen LogP contribution in [0.4, 0.5) is 19.0 Å². The SMILES string of the molecule is CCCCCNc1cc(C)nc2c(-c3ccc(C)cc3)c(C(F)(F)F)nn12. The number of aromatic nitrogens is 3. The fraction of sp³-hybridized carbons (Fsp3) is 0.400. The molecule has 0 unspecified atom stereocenters. The lowest BCUT2D eigenvalue weighted by Gasteiger charge is -2.09. The van der Waals surface area contributed by atoms with Crippen LogP contribution >= 0.6 is 0 Å². The molecule has 27 heavy (non-hydrogen) atoms. The molecule has 2 heterocycles. The molecule has 0 saturated carbocycles. The Kier molecular flexibility index (Phi) is 5.39. The summed E-state index contributed by atoms with van der Waals surface area (Å²) in [6, 6.07) is 8.67. The Bertz CT molecular complexity index is 927. The standard InChI is InChI=1S/C20H23F3N4/c1-4-5-6-11-24-16-12-14(3)25-19-17(15-9-7-13(2)8-10-15)18(20(21,22)23)26-27(16)19/h7-10,12,24H,4-6,11H2,1-3H3. The summed E-state index contributed by atoms with van der Waals surface area (Å²) in [5.74, 6) is 0.525. The molecule has 0 fully saturated rings. The molecule has 2 aromatic heterocycles. The highest BCUT2D eigenvalue weighted by atomic mass is 19.4. The van der Waals surface area contributed by atoms with Gasteiger partial charge in [-0.2, -0.15) is 22.8 Å². The van der Waals surface area contributed by atoms with Gasteiger partial charge in [0.05, 0.1) is 5.56 Å². The molecule has 0 aliphatic rings. The van der Waals surface area contributed by atoms with Gasteiger partial charge in [0, 0.05) is 18.3 Å². The Morgan fingerprint density at radius 1 is 1.07 bits per heavy atom. The van der Waals surface area contributed by atoms with Crippen LogP contribution < -0.4 is 5.32 Å². The first kappa shape index (κ1) is 19.2. The van der Waals surface area contributed by atoms with Gasteiger partial charge in [-0.3, -0.25) is 0 Å². The van der Waals surface area contributed by atoms with Gasteiger partial charge in [-0.25, -0.2) is 4.98 Å². The van der Waals surface area contributed by atoms with Crippen molar-refractivity contribution in [3.8, 4) is 11.1 Å². The summed E-state index contributed by atoms with van der Waals surface area (Å²) in [5, 5.41) is 7.10. The number of unbranched alkanes of at least 4 members (excludes halogenated alkanes) is 2. The third-order valence-corrected chi connectivity index (χ3v) is 4.41. The van der Waals surface area contributed by atoms with Gasteiger partial charge in [0.25, 0.3) is 0 Å². The van der Waals surface area contributed by atoms with E-state index in [2.05, 4.69) is 22.3 Å². The fourth-order valence-electron chi connectivity index (χ4n) is 3.04. The predicted molar refractivity (Wildman–Crippen MR) is 101 cm³/mol. The van der Waals surface area contributed by atoms with Crippen molar-refractivity contribution < 1.29 is 13.2 Å². The maximum Gasteiger partial charge on any atom is 0.435 e. The first-order chi connectivity index (χ1) is 12.8. The zero-order valence-electron chi connectivity index (χ0n) is 15.7. The summed E-state index contributed by atoms with van der Waals surface area (Å²) >= 11 is 0. The van der Waals surface area contributed by atoms with Crippen LogP contribution in [0.15, 0.2) is 30.3 Å². The molecule has 3 aromatic rings. The van der Waals surface area contributed by atoms with E-state index in [0.717, 1.165) is 24.8 Å². The predicted octanol–water partition coefficient (Wildman–Crippen LogP) is 5.63. The molecule has 4 nitrogen and oxygen atoms in total. The second kappa shape index (κ2) is 7.58. The van der Waals surface area contributed by atoms with Crippen molar-refractivity contribution in [2.75, 3.05) is 11.9 Å². The van der Waals surface area contributed by atoms with E-state index in [1.807, 2.05) is 6.92 Å². The lowest BCUT2D eigenvalue weighted by molar-refractivity contribution is -0.140. The number of nitrogens with one attached hydrogen (secondary N) is 1. The zero-order valence-corrected chi connectivity index (χ0v) is 15.7. The highest BCUT2D eigenvalue weighted by molar-refractivity contribution is 5.81. The minimum Gasteiger partial charge on any atom is -0.370 e. The van der Waals surface area contributed by atoms with Crippen molar-refractivity contribution in [3.63, 3.8) is 0 Å². The van der Waals surface area contributed by atoms with Gasteiger partial charge in [0.2, 0.25) is 0 Å². The van der Waals surface area contributed by atoms with E-state index in [9.17, 15) is 13.2 Å². The summed E-state index contributed by atoms with van der Waals surface area (Å²) in [7, 11) is 0. The Morgan fingerprint density at radius 3 is 2.41 bits per heavy atom. The van der Waals surface area contributed by atoms with Crippen LogP contribution in [-0.2, 0) is 6.18 Å². The number of alkyl halides is 3. The summed E-state index contributed by atoms with van der Waals surface area (Å²) < 4.78 is 42.4. The molecule has 1 N–H and O–H groups in total. The van der Waals surface area contributed by atoms with Crippen LogP contribution in [0.2, 0.25) is 0 Å². The second-order valence-electron chi connectivity index (χ2n) is 6.74. The Balaban J connectivity index is 2.17. The lowest BCUT2D eigenvalue weighted by Crippen LogP contribution is -2.10. The normalized spacial score (nSPS) is 11.9. The lowest BCUT2D eigenvalue weighted by atomic mass is 10.0. The molecule has 0 aliphatic heterocycles. The molecule has 0 bridgehead atoms. The molecule has 0 atom stereocenters. The maximum atomic E-state index is 13.7. The van der Waals surface area contributed by atoms with Crippen molar-refractivity contribution >= 4 is 11.5 Å². The molecule has 144 valence electrons. The van der Waals surface area contributed by atoms with E-state index in [0.29, 0.717) is 23.6 Å². The average molecular weight is 376 g/mol. The molecular formula is C20H23F3N4. The van der Waals surface area contributed by atoms with E-state index in [1.165, 1.54) is 4.52 Å². The van der Waals surface area contributed by atoms with E-state index in [4.69, 9.17) is 0 Å². The van der Waals surface area contributed by atoms with Gasteiger partial charge < -0.3 is 5.32 Å². The van der Waals surface area contributed by atoms with E-state index in [1.54, 1.807) is 37.3 Å². The topological polar surface area (TPSA) is 42.2 Å². The number of hydrogen-bond acceptors (Lipinski definition) is 3. The van der Waals surface area contributed by atoms with Crippen molar-refractivity contribution in [1.29, 1.82) is 0 Å². The molecule has 0 radical (unpaired) electrons. The third kappa shape index (κ3) is 4.07. The maximum absolute atomic E-state index is 13.7. The first-order valence-electron chi connectivity index (χ1n) is 9.09. The average Bonchev–Trinajstić information content (AvgIpc) is 2.99. The summed E-state index contributed by atoms with van der Waals surface area (Å²) in [6.45, 7) is 6.45. The molecule has 3 rings (SSSR count). The molecule has 1 aromatic carbocycles. The van der Waals surface area contributed by atoms with Crippen LogP contribution in [0.25, 0.3) is 16.8 Å². The smallest absolute Gasteiger partial charge is 0.370 e. The van der Waals surface area contributed by atoms with E-state index >= 15 is 0 Å². The molecule has 0 amide bonds. The molecule has 0 aliphatic carbocycles. The quantitative estimate of drug-likeness (QED) is 0.567. The summed E-state index contributed by atoms with van der Waals surface area (Å²) in [5.41, 5.74) is 1.39. The largest absolute Gasteiger partial charge is 0.435 e. The van der Waals surface area contributed by atoms with Gasteiger partial charge >= 0.3 is 6.18 Å². The third-order valence-electron chi connectivity index (χ3n) is 4.41. The van der Waals surface area contributed by atoms with Gasteiger partial charge in [-0.1, -0.05) is 49.6 Å². The van der Waals surface area contributed by atoms with Crippen LogP contribution in [-0.4, -0.2) is 21.1 Å².